The lowest BCUT2D eigenvalue weighted by atomic mass is 10.2. The molecule has 4 heterocycles. The summed E-state index contributed by atoms with van der Waals surface area (Å²) in [5, 5.41) is 2.16. The molecule has 0 saturated heterocycles. The molecule has 7 heteroatoms. The lowest BCUT2D eigenvalue weighted by molar-refractivity contribution is 0.926. The highest BCUT2D eigenvalue weighted by Gasteiger charge is 2.28. The molecule has 39 heavy (non-hydrogen) atoms. The van der Waals surface area contributed by atoms with Crippen molar-refractivity contribution < 1.29 is 0 Å². The number of hydrogen-bond acceptors (Lipinski definition) is 6. The maximum Gasteiger partial charge on any atom is 0.240 e. The molecule has 1 aliphatic rings. The zero-order valence-electron chi connectivity index (χ0n) is 20.6. The molecule has 8 rings (SSSR count). The van der Waals surface area contributed by atoms with Crippen molar-refractivity contribution in [1.82, 2.24) is 24.5 Å². The Labute approximate surface area is 228 Å². The fourth-order valence-corrected chi connectivity index (χ4v) is 6.28. The van der Waals surface area contributed by atoms with Crippen molar-refractivity contribution in [3.05, 3.63) is 122 Å². The third-order valence-corrected chi connectivity index (χ3v) is 8.08. The fourth-order valence-electron chi connectivity index (χ4n) is 5.22. The Balaban J connectivity index is 1.45. The van der Waals surface area contributed by atoms with Gasteiger partial charge < -0.3 is 0 Å². The number of para-hydroxylation sites is 3. The smallest absolute Gasteiger partial charge is 0.240 e. The largest absolute Gasteiger partial charge is 0.278 e. The van der Waals surface area contributed by atoms with Gasteiger partial charge in [0.25, 0.3) is 0 Å². The molecule has 1 aliphatic heterocycles. The van der Waals surface area contributed by atoms with Crippen LogP contribution < -0.4 is 4.90 Å². The van der Waals surface area contributed by atoms with Crippen LogP contribution in [-0.2, 0) is 0 Å². The van der Waals surface area contributed by atoms with Crippen molar-refractivity contribution in [2.45, 2.75) is 9.79 Å². The first-order valence-electron chi connectivity index (χ1n) is 12.7. The Morgan fingerprint density at radius 2 is 1.18 bits per heavy atom. The third kappa shape index (κ3) is 3.51. The standard InChI is InChI=1S/C32H20N6S/c1-2-10-21(11-3-1)30-34-31(37-24-13-5-4-12-22(24)23-20-33-19-18-25(23)37)36-32(35-30)38-26-14-6-8-16-28(26)39-29-17-9-7-15-27(29)38/h1-20H. The number of rotatable bonds is 3. The fraction of sp³-hybridized carbons (Fsp3) is 0. The maximum atomic E-state index is 5.16. The molecule has 0 unspecified atom stereocenters. The summed E-state index contributed by atoms with van der Waals surface area (Å²) in [6, 6.07) is 37.2. The van der Waals surface area contributed by atoms with Crippen molar-refractivity contribution in [2.24, 2.45) is 0 Å². The summed E-state index contributed by atoms with van der Waals surface area (Å²) < 4.78 is 2.11. The van der Waals surface area contributed by atoms with E-state index in [0.29, 0.717) is 17.7 Å². The SMILES string of the molecule is c1ccc(-c2nc(N3c4ccccc4Sc4ccccc43)nc(-n3c4ccccc4c4cnccc43)n2)cc1. The van der Waals surface area contributed by atoms with Crippen molar-refractivity contribution in [3.63, 3.8) is 0 Å². The van der Waals surface area contributed by atoms with Gasteiger partial charge in [0, 0.05) is 38.5 Å². The quantitative estimate of drug-likeness (QED) is 0.235. The molecular weight excluding hydrogens is 500 g/mol. The van der Waals surface area contributed by atoms with Gasteiger partial charge in [0.15, 0.2) is 5.82 Å². The van der Waals surface area contributed by atoms with Crippen LogP contribution in [0.4, 0.5) is 17.3 Å². The van der Waals surface area contributed by atoms with Crippen molar-refractivity contribution >= 4 is 50.9 Å². The van der Waals surface area contributed by atoms with Crippen LogP contribution in [0, 0.1) is 0 Å². The first kappa shape index (κ1) is 22.0. The first-order chi connectivity index (χ1) is 19.3. The molecule has 0 atom stereocenters. The summed E-state index contributed by atoms with van der Waals surface area (Å²) >= 11 is 1.76. The van der Waals surface area contributed by atoms with E-state index in [9.17, 15) is 0 Å². The minimum Gasteiger partial charge on any atom is -0.278 e. The summed E-state index contributed by atoms with van der Waals surface area (Å²) in [6.45, 7) is 0. The molecule has 0 spiro atoms. The summed E-state index contributed by atoms with van der Waals surface area (Å²) in [6.07, 6.45) is 3.72. The Morgan fingerprint density at radius 3 is 1.97 bits per heavy atom. The number of anilines is 3. The second-order valence-corrected chi connectivity index (χ2v) is 10.3. The highest BCUT2D eigenvalue weighted by molar-refractivity contribution is 7.99. The van der Waals surface area contributed by atoms with Crippen molar-refractivity contribution in [2.75, 3.05) is 4.90 Å². The monoisotopic (exact) mass is 520 g/mol. The molecule has 0 amide bonds. The van der Waals surface area contributed by atoms with E-state index < -0.39 is 0 Å². The van der Waals surface area contributed by atoms with Crippen LogP contribution in [0.25, 0.3) is 39.1 Å². The van der Waals surface area contributed by atoms with Gasteiger partial charge in [-0.3, -0.25) is 14.5 Å². The second kappa shape index (κ2) is 8.79. The van der Waals surface area contributed by atoms with E-state index in [2.05, 4.69) is 75.1 Å². The normalized spacial score (nSPS) is 12.5. The van der Waals surface area contributed by atoms with Crippen LogP contribution in [0.15, 0.2) is 131 Å². The molecule has 0 fully saturated rings. The summed E-state index contributed by atoms with van der Waals surface area (Å²) in [7, 11) is 0. The zero-order valence-corrected chi connectivity index (χ0v) is 21.5. The molecule has 184 valence electrons. The predicted molar refractivity (Wildman–Crippen MR) is 156 cm³/mol. The van der Waals surface area contributed by atoms with Crippen molar-refractivity contribution in [1.29, 1.82) is 0 Å². The Kier molecular flexibility index (Phi) is 4.96. The molecule has 7 aromatic rings. The lowest BCUT2D eigenvalue weighted by Gasteiger charge is -2.31. The predicted octanol–water partition coefficient (Wildman–Crippen LogP) is 7.97. The molecule has 4 aromatic carbocycles. The van der Waals surface area contributed by atoms with E-state index in [1.807, 2.05) is 60.9 Å². The van der Waals surface area contributed by atoms with Gasteiger partial charge in [0.2, 0.25) is 11.9 Å². The van der Waals surface area contributed by atoms with E-state index in [0.717, 1.165) is 48.5 Å². The van der Waals surface area contributed by atoms with Crippen LogP contribution in [-0.4, -0.2) is 24.5 Å². The van der Waals surface area contributed by atoms with Gasteiger partial charge in [-0.1, -0.05) is 84.6 Å². The van der Waals surface area contributed by atoms with Gasteiger partial charge in [-0.2, -0.15) is 15.0 Å². The molecule has 0 saturated carbocycles. The third-order valence-electron chi connectivity index (χ3n) is 6.95. The van der Waals surface area contributed by atoms with Gasteiger partial charge in [0.1, 0.15) is 0 Å². The number of nitrogens with zero attached hydrogens (tertiary/aromatic N) is 6. The van der Waals surface area contributed by atoms with Gasteiger partial charge in [-0.25, -0.2) is 0 Å². The molecule has 0 aliphatic carbocycles. The number of fused-ring (bicyclic) bond motifs is 5. The molecule has 6 nitrogen and oxygen atoms in total. The highest BCUT2D eigenvalue weighted by Crippen LogP contribution is 2.50. The number of benzene rings is 4. The van der Waals surface area contributed by atoms with Crippen LogP contribution in [0.2, 0.25) is 0 Å². The molecular formula is C32H20N6S. The first-order valence-corrected chi connectivity index (χ1v) is 13.5. The number of hydrogen-bond donors (Lipinski definition) is 0. The summed E-state index contributed by atoms with van der Waals surface area (Å²) in [5.41, 5.74) is 5.04. The topological polar surface area (TPSA) is 59.7 Å². The second-order valence-electron chi connectivity index (χ2n) is 9.24. The maximum absolute atomic E-state index is 5.16. The summed E-state index contributed by atoms with van der Waals surface area (Å²) in [4.78, 5) is 24.1. The van der Waals surface area contributed by atoms with E-state index in [1.165, 1.54) is 0 Å². The number of aromatic nitrogens is 5. The van der Waals surface area contributed by atoms with Crippen LogP contribution >= 0.6 is 11.8 Å². The lowest BCUT2D eigenvalue weighted by Crippen LogP contribution is -2.19. The van der Waals surface area contributed by atoms with E-state index in [4.69, 9.17) is 15.0 Å². The highest BCUT2D eigenvalue weighted by atomic mass is 32.2. The average Bonchev–Trinajstić information content (AvgIpc) is 3.34. The summed E-state index contributed by atoms with van der Waals surface area (Å²) in [5.74, 6) is 1.74. The molecule has 0 N–H and O–H groups in total. The van der Waals surface area contributed by atoms with Crippen molar-refractivity contribution in [3.8, 4) is 17.3 Å². The minimum atomic E-state index is 0.560. The minimum absolute atomic E-state index is 0.560. The van der Waals surface area contributed by atoms with Gasteiger partial charge in [-0.05, 0) is 36.4 Å². The Hall–Kier alpha value is -5.01. The van der Waals surface area contributed by atoms with Gasteiger partial charge in [-0.15, -0.1) is 0 Å². The van der Waals surface area contributed by atoms with E-state index in [1.54, 1.807) is 11.8 Å². The van der Waals surface area contributed by atoms with Gasteiger partial charge >= 0.3 is 0 Å². The van der Waals surface area contributed by atoms with Crippen LogP contribution in [0.1, 0.15) is 0 Å². The average molecular weight is 521 g/mol. The Morgan fingerprint density at radius 1 is 0.538 bits per heavy atom. The zero-order chi connectivity index (χ0) is 25.8. The van der Waals surface area contributed by atoms with E-state index in [-0.39, 0.29) is 0 Å². The molecule has 0 radical (unpaired) electrons. The number of pyridine rings is 1. The molecule has 3 aromatic heterocycles. The molecule has 0 bridgehead atoms. The van der Waals surface area contributed by atoms with Crippen LogP contribution in [0.5, 0.6) is 0 Å². The van der Waals surface area contributed by atoms with E-state index >= 15 is 0 Å². The Bertz CT molecular complexity index is 1920. The van der Waals surface area contributed by atoms with Gasteiger partial charge in [0.05, 0.1) is 22.4 Å². The van der Waals surface area contributed by atoms with Crippen LogP contribution in [0.3, 0.4) is 0 Å².